The molecule has 4 rings (SSSR count). The summed E-state index contributed by atoms with van der Waals surface area (Å²) < 4.78 is 8.51. The SMILES string of the molecule is COC[C@H](C)Nc1ncc2c(-c3cnn(CC(=O)O)c3)cc([C@H]3CC[C@H](O)CC3)n2n1. The molecule has 10 nitrogen and oxygen atoms in total. The Labute approximate surface area is 179 Å². The Morgan fingerprint density at radius 2 is 2.10 bits per heavy atom. The van der Waals surface area contributed by atoms with Crippen molar-refractivity contribution in [1.82, 2.24) is 24.4 Å². The van der Waals surface area contributed by atoms with Crippen molar-refractivity contribution in [3.05, 3.63) is 30.4 Å². The zero-order valence-corrected chi connectivity index (χ0v) is 17.7. The van der Waals surface area contributed by atoms with Gasteiger partial charge < -0.3 is 20.3 Å². The smallest absolute Gasteiger partial charge is 0.325 e. The molecule has 10 heteroatoms. The maximum atomic E-state index is 11.0. The minimum Gasteiger partial charge on any atom is -0.480 e. The number of anilines is 1. The summed E-state index contributed by atoms with van der Waals surface area (Å²) in [4.78, 5) is 15.5. The van der Waals surface area contributed by atoms with E-state index in [1.807, 2.05) is 11.4 Å². The number of methoxy groups -OCH3 is 1. The van der Waals surface area contributed by atoms with Crippen LogP contribution in [0.1, 0.15) is 44.2 Å². The van der Waals surface area contributed by atoms with Crippen LogP contribution in [0.2, 0.25) is 0 Å². The van der Waals surface area contributed by atoms with Gasteiger partial charge in [0.2, 0.25) is 5.95 Å². The van der Waals surface area contributed by atoms with Gasteiger partial charge in [0.15, 0.2) is 0 Å². The van der Waals surface area contributed by atoms with Crippen molar-refractivity contribution in [3.8, 4) is 11.1 Å². The van der Waals surface area contributed by atoms with E-state index in [2.05, 4.69) is 21.5 Å². The van der Waals surface area contributed by atoms with Gasteiger partial charge in [-0.15, -0.1) is 5.10 Å². The molecule has 0 saturated heterocycles. The Morgan fingerprint density at radius 3 is 2.81 bits per heavy atom. The van der Waals surface area contributed by atoms with Crippen LogP contribution in [0.4, 0.5) is 5.95 Å². The summed E-state index contributed by atoms with van der Waals surface area (Å²) in [5.41, 5.74) is 3.63. The predicted octanol–water partition coefficient (Wildman–Crippen LogP) is 2.14. The third kappa shape index (κ3) is 4.70. The molecular weight excluding hydrogens is 400 g/mol. The molecule has 3 aromatic heterocycles. The zero-order chi connectivity index (χ0) is 22.0. The Morgan fingerprint density at radius 1 is 1.32 bits per heavy atom. The third-order valence-electron chi connectivity index (χ3n) is 5.69. The highest BCUT2D eigenvalue weighted by Gasteiger charge is 2.26. The standard InChI is InChI=1S/C21H28N6O4/c1-13(12-31-2)24-21-22-9-19-17(15-8-23-26(10-15)11-20(29)30)7-18(27(19)25-21)14-3-5-16(28)6-4-14/h7-10,13-14,16,28H,3-6,11-12H2,1-2H3,(H,24,25)(H,29,30)/t13-,14-,16-/m0/s1. The van der Waals surface area contributed by atoms with E-state index in [1.54, 1.807) is 25.7 Å². The summed E-state index contributed by atoms with van der Waals surface area (Å²) in [5, 5.41) is 31.1. The number of aromatic nitrogens is 5. The van der Waals surface area contributed by atoms with Gasteiger partial charge in [-0.1, -0.05) is 0 Å². The van der Waals surface area contributed by atoms with Crippen molar-refractivity contribution in [2.24, 2.45) is 0 Å². The molecule has 3 aromatic rings. The lowest BCUT2D eigenvalue weighted by molar-refractivity contribution is -0.137. The van der Waals surface area contributed by atoms with E-state index < -0.39 is 5.97 Å². The lowest BCUT2D eigenvalue weighted by Crippen LogP contribution is -2.23. The molecule has 0 radical (unpaired) electrons. The summed E-state index contributed by atoms with van der Waals surface area (Å²) in [6.45, 7) is 2.34. The number of carbonyl (C=O) groups is 1. The Balaban J connectivity index is 1.74. The first-order valence-corrected chi connectivity index (χ1v) is 10.5. The number of aliphatic hydroxyl groups is 1. The van der Waals surface area contributed by atoms with Gasteiger partial charge in [0.1, 0.15) is 6.54 Å². The predicted molar refractivity (Wildman–Crippen MR) is 114 cm³/mol. The summed E-state index contributed by atoms with van der Waals surface area (Å²) in [7, 11) is 1.65. The molecule has 1 saturated carbocycles. The van der Waals surface area contributed by atoms with Gasteiger partial charge in [-0.05, 0) is 38.7 Å². The van der Waals surface area contributed by atoms with Crippen LogP contribution in [0.5, 0.6) is 0 Å². The molecule has 0 unspecified atom stereocenters. The molecule has 0 amide bonds. The molecule has 166 valence electrons. The highest BCUT2D eigenvalue weighted by Crippen LogP contribution is 2.37. The minimum absolute atomic E-state index is 0.0556. The summed E-state index contributed by atoms with van der Waals surface area (Å²) in [6, 6.07) is 2.15. The van der Waals surface area contributed by atoms with Gasteiger partial charge in [-0.2, -0.15) is 5.10 Å². The largest absolute Gasteiger partial charge is 0.480 e. The van der Waals surface area contributed by atoms with E-state index in [-0.39, 0.29) is 24.6 Å². The Bertz CT molecular complexity index is 1050. The first-order chi connectivity index (χ1) is 14.9. The fraction of sp³-hybridized carbons (Fsp3) is 0.524. The van der Waals surface area contributed by atoms with Crippen molar-refractivity contribution >= 4 is 17.4 Å². The van der Waals surface area contributed by atoms with Crippen LogP contribution in [0.3, 0.4) is 0 Å². The molecule has 1 aliphatic carbocycles. The van der Waals surface area contributed by atoms with E-state index in [9.17, 15) is 9.90 Å². The maximum absolute atomic E-state index is 11.0. The second kappa shape index (κ2) is 9.03. The Kier molecular flexibility index (Phi) is 6.19. The van der Waals surface area contributed by atoms with E-state index in [0.29, 0.717) is 12.6 Å². The van der Waals surface area contributed by atoms with Crippen LogP contribution < -0.4 is 5.32 Å². The number of nitrogens with zero attached hydrogens (tertiary/aromatic N) is 5. The first-order valence-electron chi connectivity index (χ1n) is 10.5. The van der Waals surface area contributed by atoms with Gasteiger partial charge in [0.25, 0.3) is 0 Å². The number of hydrogen-bond acceptors (Lipinski definition) is 7. The summed E-state index contributed by atoms with van der Waals surface area (Å²) >= 11 is 0. The van der Waals surface area contributed by atoms with Crippen LogP contribution in [0.15, 0.2) is 24.7 Å². The van der Waals surface area contributed by atoms with E-state index in [1.165, 1.54) is 4.68 Å². The van der Waals surface area contributed by atoms with E-state index in [4.69, 9.17) is 14.9 Å². The van der Waals surface area contributed by atoms with Gasteiger partial charge in [0, 0.05) is 42.1 Å². The average molecular weight is 428 g/mol. The number of aliphatic hydroxyl groups excluding tert-OH is 1. The zero-order valence-electron chi connectivity index (χ0n) is 17.7. The highest BCUT2D eigenvalue weighted by molar-refractivity contribution is 5.81. The van der Waals surface area contributed by atoms with E-state index >= 15 is 0 Å². The highest BCUT2D eigenvalue weighted by atomic mass is 16.5. The van der Waals surface area contributed by atoms with Gasteiger partial charge in [0.05, 0.1) is 30.6 Å². The molecule has 1 aliphatic rings. The Hall–Kier alpha value is -2.98. The molecular formula is C21H28N6O4. The van der Waals surface area contributed by atoms with Gasteiger partial charge >= 0.3 is 5.97 Å². The van der Waals surface area contributed by atoms with Crippen LogP contribution in [-0.4, -0.2) is 66.4 Å². The lowest BCUT2D eigenvalue weighted by Gasteiger charge is -2.25. The minimum atomic E-state index is -0.943. The summed E-state index contributed by atoms with van der Waals surface area (Å²) in [6.07, 6.45) is 8.24. The topological polar surface area (TPSA) is 127 Å². The fourth-order valence-corrected chi connectivity index (χ4v) is 4.21. The number of hydrogen-bond donors (Lipinski definition) is 3. The first kappa shape index (κ1) is 21.3. The lowest BCUT2D eigenvalue weighted by atomic mass is 9.85. The van der Waals surface area contributed by atoms with Crippen LogP contribution in [0, 0.1) is 0 Å². The normalized spacial score (nSPS) is 20.1. The summed E-state index contributed by atoms with van der Waals surface area (Å²) in [5.74, 6) is -0.155. The maximum Gasteiger partial charge on any atom is 0.325 e. The molecule has 0 spiro atoms. The quantitative estimate of drug-likeness (QED) is 0.498. The molecule has 3 N–H and O–H groups in total. The molecule has 3 heterocycles. The fourth-order valence-electron chi connectivity index (χ4n) is 4.21. The third-order valence-corrected chi connectivity index (χ3v) is 5.69. The number of carboxylic acid groups (broad SMARTS) is 1. The molecule has 1 atom stereocenters. The second-order valence-electron chi connectivity index (χ2n) is 8.19. The number of ether oxygens (including phenoxy) is 1. The molecule has 31 heavy (non-hydrogen) atoms. The van der Waals surface area contributed by atoms with Crippen LogP contribution >= 0.6 is 0 Å². The average Bonchev–Trinajstić information content (AvgIpc) is 3.32. The molecule has 1 fully saturated rings. The number of rotatable bonds is 8. The number of fused-ring (bicyclic) bond motifs is 1. The molecule has 0 aliphatic heterocycles. The van der Waals surface area contributed by atoms with Crippen LogP contribution in [-0.2, 0) is 16.1 Å². The van der Waals surface area contributed by atoms with Gasteiger partial charge in [-0.3, -0.25) is 9.48 Å². The van der Waals surface area contributed by atoms with Crippen molar-refractivity contribution in [1.29, 1.82) is 0 Å². The number of nitrogens with one attached hydrogen (secondary N) is 1. The molecule has 0 bridgehead atoms. The van der Waals surface area contributed by atoms with Crippen molar-refractivity contribution in [2.75, 3.05) is 19.0 Å². The molecule has 0 aromatic carbocycles. The van der Waals surface area contributed by atoms with Crippen LogP contribution in [0.25, 0.3) is 16.6 Å². The van der Waals surface area contributed by atoms with Gasteiger partial charge in [-0.25, -0.2) is 9.50 Å². The van der Waals surface area contributed by atoms with E-state index in [0.717, 1.165) is 48.0 Å². The number of carboxylic acids is 1. The van der Waals surface area contributed by atoms with Crippen molar-refractivity contribution in [2.45, 2.75) is 57.2 Å². The second-order valence-corrected chi connectivity index (χ2v) is 8.19. The van der Waals surface area contributed by atoms with Crippen molar-refractivity contribution in [3.63, 3.8) is 0 Å². The monoisotopic (exact) mass is 428 g/mol. The van der Waals surface area contributed by atoms with Crippen molar-refractivity contribution < 1.29 is 19.7 Å². The number of aliphatic carboxylic acids is 1.